The van der Waals surface area contributed by atoms with Crippen LogP contribution in [0.15, 0.2) is 23.1 Å². The van der Waals surface area contributed by atoms with Gasteiger partial charge >= 0.3 is 0 Å². The summed E-state index contributed by atoms with van der Waals surface area (Å²) in [4.78, 5) is 0.311. The second-order valence-electron chi connectivity index (χ2n) is 6.89. The number of fused-ring (bicyclic) bond motifs is 5. The van der Waals surface area contributed by atoms with Crippen LogP contribution in [0.3, 0.4) is 0 Å². The quantitative estimate of drug-likeness (QED) is 0.891. The standard InChI is InChI=1S/C16H21NO3S/c1-9-2-3-10(8-18)6-13(9)21(19,20)17-16-14-11-4-5-12(7-11)15(14)16/h2-3,6,11-12,14-18H,4-5,7-8H2,1H3. The molecule has 0 amide bonds. The Hall–Kier alpha value is -0.910. The van der Waals surface area contributed by atoms with Crippen molar-refractivity contribution in [2.45, 2.75) is 43.7 Å². The van der Waals surface area contributed by atoms with E-state index in [-0.39, 0.29) is 12.6 Å². The summed E-state index contributed by atoms with van der Waals surface area (Å²) in [5.74, 6) is 2.66. The van der Waals surface area contributed by atoms with Crippen molar-refractivity contribution >= 4 is 10.0 Å². The van der Waals surface area contributed by atoms with Gasteiger partial charge in [0.15, 0.2) is 0 Å². The van der Waals surface area contributed by atoms with Crippen LogP contribution < -0.4 is 4.72 Å². The van der Waals surface area contributed by atoms with Crippen molar-refractivity contribution in [1.82, 2.24) is 4.72 Å². The molecule has 5 heteroatoms. The van der Waals surface area contributed by atoms with Crippen LogP contribution in [-0.4, -0.2) is 19.6 Å². The van der Waals surface area contributed by atoms with Crippen LogP contribution in [0.2, 0.25) is 0 Å². The predicted molar refractivity (Wildman–Crippen MR) is 79.0 cm³/mol. The molecular formula is C16H21NO3S. The number of hydrogen-bond acceptors (Lipinski definition) is 3. The third-order valence-electron chi connectivity index (χ3n) is 5.75. The van der Waals surface area contributed by atoms with Crippen molar-refractivity contribution in [2.24, 2.45) is 23.7 Å². The minimum Gasteiger partial charge on any atom is -0.392 e. The molecule has 3 aliphatic rings. The van der Waals surface area contributed by atoms with E-state index >= 15 is 0 Å². The number of aliphatic hydroxyl groups excluding tert-OH is 1. The van der Waals surface area contributed by atoms with Crippen molar-refractivity contribution in [2.75, 3.05) is 0 Å². The third kappa shape index (κ3) is 2.05. The summed E-state index contributed by atoms with van der Waals surface area (Å²) in [7, 11) is -3.48. The van der Waals surface area contributed by atoms with Crippen molar-refractivity contribution in [3.8, 4) is 0 Å². The number of nitrogens with one attached hydrogen (secondary N) is 1. The molecule has 4 rings (SSSR count). The lowest BCUT2D eigenvalue weighted by atomic mass is 10.0. The molecule has 2 bridgehead atoms. The summed E-state index contributed by atoms with van der Waals surface area (Å²) in [5, 5.41) is 9.21. The number of aliphatic hydroxyl groups is 1. The molecule has 0 aromatic heterocycles. The van der Waals surface area contributed by atoms with Gasteiger partial charge in [-0.15, -0.1) is 0 Å². The maximum absolute atomic E-state index is 12.6. The van der Waals surface area contributed by atoms with Gasteiger partial charge in [-0.25, -0.2) is 13.1 Å². The fraction of sp³-hybridized carbons (Fsp3) is 0.625. The smallest absolute Gasteiger partial charge is 0.241 e. The number of hydrogen-bond donors (Lipinski definition) is 2. The lowest BCUT2D eigenvalue weighted by Gasteiger charge is -2.13. The van der Waals surface area contributed by atoms with E-state index in [9.17, 15) is 13.5 Å². The van der Waals surface area contributed by atoms with Crippen molar-refractivity contribution in [1.29, 1.82) is 0 Å². The Morgan fingerprint density at radius 2 is 1.90 bits per heavy atom. The summed E-state index contributed by atoms with van der Waals surface area (Å²) < 4.78 is 28.2. The first-order chi connectivity index (χ1) is 10.0. The van der Waals surface area contributed by atoms with Crippen LogP contribution in [-0.2, 0) is 16.6 Å². The number of benzene rings is 1. The molecule has 4 nitrogen and oxygen atoms in total. The van der Waals surface area contributed by atoms with E-state index < -0.39 is 10.0 Å². The van der Waals surface area contributed by atoms with Gasteiger partial charge in [-0.1, -0.05) is 12.1 Å². The zero-order chi connectivity index (χ0) is 14.8. The van der Waals surface area contributed by atoms with Crippen LogP contribution in [0.1, 0.15) is 30.4 Å². The molecule has 0 radical (unpaired) electrons. The fourth-order valence-corrected chi connectivity index (χ4v) is 6.36. The molecule has 1 aromatic rings. The normalized spacial score (nSPS) is 36.8. The molecule has 3 fully saturated rings. The summed E-state index contributed by atoms with van der Waals surface area (Å²) in [6.45, 7) is 1.66. The van der Waals surface area contributed by atoms with Crippen LogP contribution in [0.25, 0.3) is 0 Å². The monoisotopic (exact) mass is 307 g/mol. The van der Waals surface area contributed by atoms with Gasteiger partial charge in [0.05, 0.1) is 11.5 Å². The fourth-order valence-electron chi connectivity index (χ4n) is 4.76. The maximum atomic E-state index is 12.6. The van der Waals surface area contributed by atoms with E-state index in [2.05, 4.69) is 4.72 Å². The minimum atomic E-state index is -3.48. The van der Waals surface area contributed by atoms with E-state index in [1.807, 2.05) is 0 Å². The third-order valence-corrected chi connectivity index (χ3v) is 7.35. The SMILES string of the molecule is Cc1ccc(CO)cc1S(=O)(=O)NC1C2C3CCC(C3)C12. The molecule has 0 saturated heterocycles. The molecule has 0 spiro atoms. The van der Waals surface area contributed by atoms with Gasteiger partial charge in [0, 0.05) is 6.04 Å². The second-order valence-corrected chi connectivity index (χ2v) is 8.58. The molecule has 4 atom stereocenters. The molecule has 0 aliphatic heterocycles. The molecule has 1 aromatic carbocycles. The average molecular weight is 307 g/mol. The van der Waals surface area contributed by atoms with Crippen LogP contribution in [0, 0.1) is 30.6 Å². The topological polar surface area (TPSA) is 66.4 Å². The van der Waals surface area contributed by atoms with Gasteiger partial charge in [-0.2, -0.15) is 0 Å². The zero-order valence-electron chi connectivity index (χ0n) is 12.1. The number of rotatable bonds is 4. The first-order valence-corrected chi connectivity index (χ1v) is 9.22. The highest BCUT2D eigenvalue weighted by Gasteiger charge is 2.65. The molecule has 114 valence electrons. The van der Waals surface area contributed by atoms with Gasteiger partial charge in [-0.3, -0.25) is 0 Å². The molecule has 3 aliphatic carbocycles. The van der Waals surface area contributed by atoms with Crippen molar-refractivity contribution in [3.05, 3.63) is 29.3 Å². The first kappa shape index (κ1) is 13.7. The molecule has 2 N–H and O–H groups in total. The molecule has 3 saturated carbocycles. The molecular weight excluding hydrogens is 286 g/mol. The van der Waals surface area contributed by atoms with Crippen LogP contribution >= 0.6 is 0 Å². The highest BCUT2D eigenvalue weighted by molar-refractivity contribution is 7.89. The Kier molecular flexibility index (Phi) is 2.97. The van der Waals surface area contributed by atoms with E-state index in [1.165, 1.54) is 19.3 Å². The van der Waals surface area contributed by atoms with Crippen LogP contribution in [0.4, 0.5) is 0 Å². The summed E-state index contributed by atoms with van der Waals surface area (Å²) in [6, 6.07) is 5.26. The summed E-state index contributed by atoms with van der Waals surface area (Å²) in [5.41, 5.74) is 1.37. The van der Waals surface area contributed by atoms with Crippen molar-refractivity contribution < 1.29 is 13.5 Å². The highest BCUT2D eigenvalue weighted by Crippen LogP contribution is 2.65. The van der Waals surface area contributed by atoms with Gasteiger partial charge in [-0.05, 0) is 67.1 Å². The zero-order valence-corrected chi connectivity index (χ0v) is 12.9. The lowest BCUT2D eigenvalue weighted by Crippen LogP contribution is -2.30. The summed E-state index contributed by atoms with van der Waals surface area (Å²) in [6.07, 6.45) is 3.87. The first-order valence-electron chi connectivity index (χ1n) is 7.74. The number of sulfonamides is 1. The highest BCUT2D eigenvalue weighted by atomic mass is 32.2. The van der Waals surface area contributed by atoms with E-state index in [4.69, 9.17) is 0 Å². The Morgan fingerprint density at radius 1 is 1.24 bits per heavy atom. The van der Waals surface area contributed by atoms with E-state index in [0.717, 1.165) is 17.4 Å². The van der Waals surface area contributed by atoms with Gasteiger partial charge in [0.1, 0.15) is 0 Å². The lowest BCUT2D eigenvalue weighted by molar-refractivity contribution is 0.281. The Bertz CT molecular complexity index is 669. The van der Waals surface area contributed by atoms with Gasteiger partial charge < -0.3 is 5.11 Å². The molecule has 0 heterocycles. The summed E-state index contributed by atoms with van der Waals surface area (Å²) >= 11 is 0. The van der Waals surface area contributed by atoms with Crippen LogP contribution in [0.5, 0.6) is 0 Å². The predicted octanol–water partition coefficient (Wildman–Crippen LogP) is 1.81. The second kappa shape index (κ2) is 4.54. The Balaban J connectivity index is 1.58. The van der Waals surface area contributed by atoms with Gasteiger partial charge in [0.25, 0.3) is 0 Å². The van der Waals surface area contributed by atoms with Gasteiger partial charge in [0.2, 0.25) is 10.0 Å². The maximum Gasteiger partial charge on any atom is 0.241 e. The number of aryl methyl sites for hydroxylation is 1. The largest absolute Gasteiger partial charge is 0.392 e. The Morgan fingerprint density at radius 3 is 2.52 bits per heavy atom. The molecule has 4 unspecified atom stereocenters. The van der Waals surface area contributed by atoms with E-state index in [1.54, 1.807) is 25.1 Å². The minimum absolute atomic E-state index is 0.137. The molecule has 21 heavy (non-hydrogen) atoms. The van der Waals surface area contributed by atoms with E-state index in [0.29, 0.717) is 22.3 Å². The Labute approximate surface area is 125 Å². The van der Waals surface area contributed by atoms with Crippen molar-refractivity contribution in [3.63, 3.8) is 0 Å². The average Bonchev–Trinajstić information content (AvgIpc) is 2.85.